The topological polar surface area (TPSA) is 9.23 Å². The SMILES string of the molecule is CCCCCCc1ccc2cc(-c3cc(F)c(-c4ccc(OC(F)F)c(F)c4)c(F)c3)ccc2c1. The van der Waals surface area contributed by atoms with Crippen molar-refractivity contribution in [2.24, 2.45) is 0 Å². The zero-order valence-corrected chi connectivity index (χ0v) is 19.3. The number of unbranched alkanes of at least 4 members (excludes halogenated alkanes) is 3. The van der Waals surface area contributed by atoms with Crippen LogP contribution in [0.25, 0.3) is 33.0 Å². The summed E-state index contributed by atoms with van der Waals surface area (Å²) in [6.45, 7) is -1.02. The van der Waals surface area contributed by atoms with Crippen molar-refractivity contribution in [1.82, 2.24) is 0 Å². The van der Waals surface area contributed by atoms with E-state index >= 15 is 0 Å². The summed E-state index contributed by atoms with van der Waals surface area (Å²) in [6, 6.07) is 17.1. The van der Waals surface area contributed by atoms with Crippen LogP contribution >= 0.6 is 0 Å². The lowest BCUT2D eigenvalue weighted by molar-refractivity contribution is -0.0521. The van der Waals surface area contributed by atoms with Crippen molar-refractivity contribution in [2.45, 2.75) is 45.6 Å². The van der Waals surface area contributed by atoms with Crippen LogP contribution in [0.1, 0.15) is 38.2 Å². The number of fused-ring (bicyclic) bond motifs is 1. The molecule has 0 saturated carbocycles. The molecular weight excluding hydrogens is 459 g/mol. The minimum Gasteiger partial charge on any atom is -0.432 e. The van der Waals surface area contributed by atoms with Gasteiger partial charge in [0.15, 0.2) is 11.6 Å². The van der Waals surface area contributed by atoms with Crippen molar-refractivity contribution in [1.29, 1.82) is 0 Å². The number of alkyl halides is 2. The van der Waals surface area contributed by atoms with E-state index in [1.165, 1.54) is 37.0 Å². The number of ether oxygens (including phenoxy) is 1. The Kier molecular flexibility index (Phi) is 7.69. The van der Waals surface area contributed by atoms with Gasteiger partial charge in [0.2, 0.25) is 0 Å². The van der Waals surface area contributed by atoms with Crippen molar-refractivity contribution in [2.75, 3.05) is 0 Å². The first-order valence-corrected chi connectivity index (χ1v) is 11.6. The molecule has 0 aliphatic heterocycles. The Morgan fingerprint density at radius 3 is 2.00 bits per heavy atom. The first-order valence-electron chi connectivity index (χ1n) is 11.6. The number of rotatable bonds is 9. The van der Waals surface area contributed by atoms with Crippen LogP contribution in [0.2, 0.25) is 0 Å². The summed E-state index contributed by atoms with van der Waals surface area (Å²) in [5.41, 5.74) is 1.69. The van der Waals surface area contributed by atoms with Crippen molar-refractivity contribution >= 4 is 10.8 Å². The van der Waals surface area contributed by atoms with Crippen LogP contribution in [0.15, 0.2) is 66.7 Å². The van der Waals surface area contributed by atoms with Gasteiger partial charge in [-0.2, -0.15) is 8.78 Å². The largest absolute Gasteiger partial charge is 0.432 e. The number of halogens is 5. The molecule has 0 atom stereocenters. The minimum absolute atomic E-state index is 0.115. The highest BCUT2D eigenvalue weighted by atomic mass is 19.3. The summed E-state index contributed by atoms with van der Waals surface area (Å²) >= 11 is 0. The molecule has 0 aliphatic rings. The molecule has 1 nitrogen and oxygen atoms in total. The average molecular weight is 485 g/mol. The van der Waals surface area contributed by atoms with Crippen LogP contribution in [0, 0.1) is 17.5 Å². The first-order chi connectivity index (χ1) is 16.9. The highest BCUT2D eigenvalue weighted by Crippen LogP contribution is 2.34. The van der Waals surface area contributed by atoms with E-state index in [0.717, 1.165) is 41.8 Å². The molecule has 4 aromatic rings. The van der Waals surface area contributed by atoms with Crippen LogP contribution in [-0.4, -0.2) is 6.61 Å². The van der Waals surface area contributed by atoms with Gasteiger partial charge in [-0.3, -0.25) is 0 Å². The van der Waals surface area contributed by atoms with E-state index in [-0.39, 0.29) is 5.56 Å². The highest BCUT2D eigenvalue weighted by molar-refractivity contribution is 5.88. The molecule has 35 heavy (non-hydrogen) atoms. The Bertz CT molecular complexity index is 1310. The molecule has 0 heterocycles. The maximum absolute atomic E-state index is 15.0. The maximum atomic E-state index is 15.0. The Balaban J connectivity index is 1.60. The molecule has 0 aromatic heterocycles. The number of aryl methyl sites for hydroxylation is 1. The fraction of sp³-hybridized carbons (Fsp3) is 0.241. The van der Waals surface area contributed by atoms with Gasteiger partial charge >= 0.3 is 6.61 Å². The Hall–Kier alpha value is -3.41. The van der Waals surface area contributed by atoms with Gasteiger partial charge in [0, 0.05) is 0 Å². The zero-order chi connectivity index (χ0) is 24.9. The van der Waals surface area contributed by atoms with E-state index in [4.69, 9.17) is 0 Å². The second-order valence-corrected chi connectivity index (χ2v) is 8.55. The van der Waals surface area contributed by atoms with Gasteiger partial charge in [0.1, 0.15) is 11.6 Å². The van der Waals surface area contributed by atoms with Gasteiger partial charge in [0.05, 0.1) is 5.56 Å². The zero-order valence-electron chi connectivity index (χ0n) is 19.3. The van der Waals surface area contributed by atoms with Gasteiger partial charge in [-0.05, 0) is 76.2 Å². The lowest BCUT2D eigenvalue weighted by atomic mass is 9.96. The van der Waals surface area contributed by atoms with E-state index in [1.54, 1.807) is 0 Å². The molecule has 182 valence electrons. The molecule has 0 saturated heterocycles. The van der Waals surface area contributed by atoms with Gasteiger partial charge in [-0.15, -0.1) is 0 Å². The quantitative estimate of drug-likeness (QED) is 0.170. The third-order valence-corrected chi connectivity index (χ3v) is 6.04. The molecule has 0 unspecified atom stereocenters. The fourth-order valence-corrected chi connectivity index (χ4v) is 4.25. The number of hydrogen-bond acceptors (Lipinski definition) is 1. The summed E-state index contributed by atoms with van der Waals surface area (Å²) in [5, 5.41) is 2.02. The monoisotopic (exact) mass is 484 g/mol. The van der Waals surface area contributed by atoms with E-state index in [9.17, 15) is 22.0 Å². The summed E-state index contributed by atoms with van der Waals surface area (Å²) < 4.78 is 72.7. The normalized spacial score (nSPS) is 11.4. The third kappa shape index (κ3) is 5.81. The van der Waals surface area contributed by atoms with E-state index < -0.39 is 35.4 Å². The molecule has 0 N–H and O–H groups in total. The Morgan fingerprint density at radius 2 is 1.31 bits per heavy atom. The van der Waals surface area contributed by atoms with Crippen molar-refractivity contribution in [3.8, 4) is 28.0 Å². The number of hydrogen-bond donors (Lipinski definition) is 0. The maximum Gasteiger partial charge on any atom is 0.387 e. The Morgan fingerprint density at radius 1 is 0.657 bits per heavy atom. The second kappa shape index (κ2) is 10.9. The molecule has 0 spiro atoms. The molecule has 6 heteroatoms. The highest BCUT2D eigenvalue weighted by Gasteiger charge is 2.17. The van der Waals surface area contributed by atoms with Crippen LogP contribution in [0.3, 0.4) is 0 Å². The summed E-state index contributed by atoms with van der Waals surface area (Å²) in [5.74, 6) is -3.60. The van der Waals surface area contributed by atoms with Crippen molar-refractivity contribution in [3.05, 3.63) is 89.7 Å². The van der Waals surface area contributed by atoms with E-state index in [2.05, 4.69) is 23.8 Å². The smallest absolute Gasteiger partial charge is 0.387 e. The summed E-state index contributed by atoms with van der Waals surface area (Å²) in [6.07, 6.45) is 5.80. The van der Waals surface area contributed by atoms with Gasteiger partial charge in [-0.25, -0.2) is 13.2 Å². The molecule has 4 aromatic carbocycles. The van der Waals surface area contributed by atoms with Gasteiger partial charge in [-0.1, -0.05) is 62.6 Å². The molecule has 0 fully saturated rings. The van der Waals surface area contributed by atoms with Crippen molar-refractivity contribution < 1.29 is 26.7 Å². The standard InChI is InChI=1S/C29H25F5O/c1-2-3-4-5-6-18-7-8-20-14-21(10-9-19(20)13-18)23-16-25(31)28(26(32)17-23)22-11-12-27(24(30)15-22)35-29(33)34/h7-17,29H,2-6H2,1H3. The van der Waals surface area contributed by atoms with Gasteiger partial charge in [0.25, 0.3) is 0 Å². The summed E-state index contributed by atoms with van der Waals surface area (Å²) in [4.78, 5) is 0. The van der Waals surface area contributed by atoms with Crippen molar-refractivity contribution in [3.63, 3.8) is 0 Å². The third-order valence-electron chi connectivity index (χ3n) is 6.04. The van der Waals surface area contributed by atoms with Crippen LogP contribution in [0.5, 0.6) is 5.75 Å². The van der Waals surface area contributed by atoms with Crippen LogP contribution in [-0.2, 0) is 6.42 Å². The molecule has 0 aliphatic carbocycles. The molecule has 0 radical (unpaired) electrons. The number of benzene rings is 4. The van der Waals surface area contributed by atoms with E-state index in [0.29, 0.717) is 11.1 Å². The first kappa shape index (κ1) is 24.7. The average Bonchev–Trinajstić information content (AvgIpc) is 2.82. The van der Waals surface area contributed by atoms with Crippen LogP contribution in [0.4, 0.5) is 22.0 Å². The molecule has 4 rings (SSSR count). The van der Waals surface area contributed by atoms with Crippen LogP contribution < -0.4 is 4.74 Å². The lowest BCUT2D eigenvalue weighted by Gasteiger charge is -2.12. The van der Waals surface area contributed by atoms with E-state index in [1.807, 2.05) is 24.3 Å². The Labute approximate surface area is 201 Å². The predicted octanol–water partition coefficient (Wildman–Crippen LogP) is 9.32. The molecule has 0 amide bonds. The lowest BCUT2D eigenvalue weighted by Crippen LogP contribution is -2.03. The summed E-state index contributed by atoms with van der Waals surface area (Å²) in [7, 11) is 0. The minimum atomic E-state index is -3.21. The molecule has 0 bridgehead atoms. The fourth-order valence-electron chi connectivity index (χ4n) is 4.25. The van der Waals surface area contributed by atoms with Gasteiger partial charge < -0.3 is 4.74 Å². The molecular formula is C29H25F5O. The predicted molar refractivity (Wildman–Crippen MR) is 129 cm³/mol. The second-order valence-electron chi connectivity index (χ2n) is 8.55.